The number of hydrogen-bond donors (Lipinski definition) is 1. The molecule has 0 spiro atoms. The predicted octanol–water partition coefficient (Wildman–Crippen LogP) is 1.34. The first-order valence-electron chi connectivity index (χ1n) is 4.04. The van der Waals surface area contributed by atoms with Gasteiger partial charge in [-0.15, -0.1) is 14.9 Å². The van der Waals surface area contributed by atoms with Crippen LogP contribution in [-0.4, -0.2) is 16.4 Å². The number of hydrogen-bond acceptors (Lipinski definition) is 2. The Labute approximate surface area is 89.4 Å². The topological polar surface area (TPSA) is 44.9 Å². The van der Waals surface area contributed by atoms with Crippen molar-refractivity contribution in [3.63, 3.8) is 0 Å². The predicted molar refractivity (Wildman–Crippen MR) is 55.9 cm³/mol. The van der Waals surface area contributed by atoms with E-state index in [-0.39, 0.29) is 0 Å². The van der Waals surface area contributed by atoms with E-state index in [0.717, 1.165) is 10.0 Å². The van der Waals surface area contributed by atoms with Crippen LogP contribution in [0.4, 0.5) is 0 Å². The van der Waals surface area contributed by atoms with E-state index in [1.165, 1.54) is 0 Å². The van der Waals surface area contributed by atoms with Crippen molar-refractivity contribution in [1.82, 2.24) is 10.2 Å². The zero-order valence-corrected chi connectivity index (χ0v) is 8.85. The number of nitrogens with zero attached hydrogens (tertiary/aromatic N) is 3. The first-order valence-corrected chi connectivity index (χ1v) is 4.84. The normalized spacial score (nSPS) is 10.9. The molecule has 0 radical (unpaired) electrons. The summed E-state index contributed by atoms with van der Waals surface area (Å²) in [6.45, 7) is 0. The van der Waals surface area contributed by atoms with Gasteiger partial charge in [0.1, 0.15) is 0 Å². The molecule has 0 saturated carbocycles. The maximum Gasteiger partial charge on any atom is 0.288 e. The fourth-order valence-corrected chi connectivity index (χ4v) is 1.23. The van der Waals surface area contributed by atoms with Crippen molar-refractivity contribution in [2.24, 2.45) is 5.10 Å². The van der Waals surface area contributed by atoms with E-state index in [2.05, 4.69) is 31.2 Å². The van der Waals surface area contributed by atoms with Gasteiger partial charge < -0.3 is 0 Å². The molecule has 0 fully saturated rings. The zero-order valence-electron chi connectivity index (χ0n) is 7.26. The summed E-state index contributed by atoms with van der Waals surface area (Å²) in [5, 5.41) is 10.6. The number of aromatic amines is 1. The summed E-state index contributed by atoms with van der Waals surface area (Å²) in [4.78, 5) is 0. The highest BCUT2D eigenvalue weighted by Gasteiger charge is 1.92. The summed E-state index contributed by atoms with van der Waals surface area (Å²) in [6, 6.07) is 7.91. The minimum atomic E-state index is 1.04. The number of benzene rings is 1. The third-order valence-corrected chi connectivity index (χ3v) is 2.18. The van der Waals surface area contributed by atoms with Crippen LogP contribution in [-0.2, 0) is 0 Å². The molecule has 1 aromatic carbocycles. The van der Waals surface area contributed by atoms with Gasteiger partial charge in [0.05, 0.1) is 6.21 Å². The lowest BCUT2D eigenvalue weighted by molar-refractivity contribution is -0.678. The van der Waals surface area contributed by atoms with Gasteiger partial charge in [0.25, 0.3) is 6.33 Å². The van der Waals surface area contributed by atoms with Crippen LogP contribution in [0.15, 0.2) is 46.5 Å². The van der Waals surface area contributed by atoms with Gasteiger partial charge in [-0.25, -0.2) is 0 Å². The molecule has 1 heterocycles. The molecule has 2 rings (SSSR count). The van der Waals surface area contributed by atoms with E-state index in [0.29, 0.717) is 0 Å². The Kier molecular flexibility index (Phi) is 2.69. The van der Waals surface area contributed by atoms with Crippen molar-refractivity contribution in [3.8, 4) is 0 Å². The number of nitrogens with one attached hydrogen (secondary N) is 1. The molecule has 14 heavy (non-hydrogen) atoms. The molecule has 0 aliphatic heterocycles. The Bertz CT molecular complexity index is 419. The molecule has 0 atom stereocenters. The zero-order chi connectivity index (χ0) is 9.80. The molecule has 5 heteroatoms. The molecule has 0 unspecified atom stereocenters. The van der Waals surface area contributed by atoms with Crippen LogP contribution in [0.5, 0.6) is 0 Å². The molecule has 1 aromatic heterocycles. The van der Waals surface area contributed by atoms with Crippen LogP contribution >= 0.6 is 15.9 Å². The van der Waals surface area contributed by atoms with Gasteiger partial charge in [-0.1, -0.05) is 28.1 Å². The summed E-state index contributed by atoms with van der Waals surface area (Å²) in [7, 11) is 0. The van der Waals surface area contributed by atoms with Crippen molar-refractivity contribution >= 4 is 22.1 Å². The molecule has 70 valence electrons. The Hall–Kier alpha value is -1.49. The lowest BCUT2D eigenvalue weighted by Crippen LogP contribution is -2.23. The van der Waals surface area contributed by atoms with E-state index in [9.17, 15) is 0 Å². The highest BCUT2D eigenvalue weighted by molar-refractivity contribution is 9.10. The molecule has 2 aromatic rings. The van der Waals surface area contributed by atoms with E-state index in [1.54, 1.807) is 23.5 Å². The second-order valence-corrected chi connectivity index (χ2v) is 3.59. The van der Waals surface area contributed by atoms with Crippen LogP contribution in [0.2, 0.25) is 0 Å². The maximum absolute atomic E-state index is 4.15. The summed E-state index contributed by atoms with van der Waals surface area (Å²) in [5.41, 5.74) is 1.04. The van der Waals surface area contributed by atoms with Gasteiger partial charge in [-0.3, -0.25) is 0 Å². The number of aromatic nitrogens is 3. The highest BCUT2D eigenvalue weighted by atomic mass is 79.9. The van der Waals surface area contributed by atoms with Crippen molar-refractivity contribution in [1.29, 1.82) is 0 Å². The second kappa shape index (κ2) is 4.15. The summed E-state index contributed by atoms with van der Waals surface area (Å²) >= 11 is 3.37. The van der Waals surface area contributed by atoms with Crippen LogP contribution in [0.3, 0.4) is 0 Å². The Morgan fingerprint density at radius 2 is 2.14 bits per heavy atom. The van der Waals surface area contributed by atoms with E-state index < -0.39 is 0 Å². The van der Waals surface area contributed by atoms with Crippen molar-refractivity contribution < 1.29 is 4.68 Å². The third kappa shape index (κ3) is 2.26. The smallest absolute Gasteiger partial charge is 0.126 e. The van der Waals surface area contributed by atoms with Gasteiger partial charge >= 0.3 is 0 Å². The van der Waals surface area contributed by atoms with Gasteiger partial charge in [-0.05, 0) is 17.7 Å². The minimum Gasteiger partial charge on any atom is -0.126 e. The number of rotatable bonds is 2. The average molecular weight is 252 g/mol. The van der Waals surface area contributed by atoms with Crippen LogP contribution in [0.1, 0.15) is 5.56 Å². The summed E-state index contributed by atoms with van der Waals surface area (Å²) in [5.74, 6) is 0. The standard InChI is InChI=1S/C9H7BrN4/c10-9-3-1-8(2-4-9)5-13-14-6-11-12-7-14/h1-7H/p+1/b13-5+. The largest absolute Gasteiger partial charge is 0.288 e. The Balaban J connectivity index is 2.15. The molecule has 0 aliphatic rings. The molecule has 1 N–H and O–H groups in total. The van der Waals surface area contributed by atoms with E-state index in [4.69, 9.17) is 0 Å². The fraction of sp³-hybridized carbons (Fsp3) is 0. The molecule has 4 nitrogen and oxygen atoms in total. The molecular formula is C9H8BrN4+. The molecule has 0 aliphatic carbocycles. The fourth-order valence-electron chi connectivity index (χ4n) is 0.964. The van der Waals surface area contributed by atoms with Crippen LogP contribution in [0.25, 0.3) is 0 Å². The lowest BCUT2D eigenvalue weighted by atomic mass is 10.2. The highest BCUT2D eigenvalue weighted by Crippen LogP contribution is 2.08. The molecule has 0 bridgehead atoms. The quantitative estimate of drug-likeness (QED) is 0.636. The van der Waals surface area contributed by atoms with E-state index in [1.807, 2.05) is 24.3 Å². The molecular weight excluding hydrogens is 244 g/mol. The Morgan fingerprint density at radius 3 is 2.79 bits per heavy atom. The lowest BCUT2D eigenvalue weighted by Gasteiger charge is -1.91. The van der Waals surface area contributed by atoms with Crippen LogP contribution in [0, 0.1) is 0 Å². The van der Waals surface area contributed by atoms with Crippen molar-refractivity contribution in [3.05, 3.63) is 47.0 Å². The first-order chi connectivity index (χ1) is 6.84. The molecule has 0 amide bonds. The van der Waals surface area contributed by atoms with E-state index >= 15 is 0 Å². The van der Waals surface area contributed by atoms with Crippen molar-refractivity contribution in [2.45, 2.75) is 0 Å². The van der Waals surface area contributed by atoms with Crippen LogP contribution < -0.4 is 4.68 Å². The SMILES string of the molecule is Brc1ccc(/C=N/[n+]2cn[nH]c2)cc1. The monoisotopic (exact) mass is 251 g/mol. The third-order valence-electron chi connectivity index (χ3n) is 1.65. The minimum absolute atomic E-state index is 1.04. The summed E-state index contributed by atoms with van der Waals surface area (Å²) < 4.78 is 2.66. The maximum atomic E-state index is 4.15. The van der Waals surface area contributed by atoms with Gasteiger partial charge in [0.15, 0.2) is 0 Å². The van der Waals surface area contributed by atoms with Gasteiger partial charge in [0, 0.05) is 9.57 Å². The van der Waals surface area contributed by atoms with Gasteiger partial charge in [0.2, 0.25) is 6.33 Å². The number of halogens is 1. The van der Waals surface area contributed by atoms with Crippen molar-refractivity contribution in [2.75, 3.05) is 0 Å². The second-order valence-electron chi connectivity index (χ2n) is 2.68. The average Bonchev–Trinajstić information content (AvgIpc) is 2.70. The number of H-pyrrole nitrogens is 1. The molecule has 0 saturated heterocycles. The summed E-state index contributed by atoms with van der Waals surface area (Å²) in [6.07, 6.45) is 5.02. The Morgan fingerprint density at radius 1 is 1.36 bits per heavy atom. The van der Waals surface area contributed by atoms with Gasteiger partial charge in [-0.2, -0.15) is 0 Å². The first kappa shape index (κ1) is 9.08.